The van der Waals surface area contributed by atoms with Gasteiger partial charge in [0.1, 0.15) is 6.04 Å². The molecule has 0 heterocycles. The van der Waals surface area contributed by atoms with Crippen molar-refractivity contribution in [3.05, 3.63) is 64.2 Å². The highest BCUT2D eigenvalue weighted by atomic mass is 35.5. The molecule has 2 aromatic rings. The second-order valence-electron chi connectivity index (χ2n) is 8.82. The third-order valence-electron chi connectivity index (χ3n) is 5.91. The van der Waals surface area contributed by atoms with Gasteiger partial charge in [-0.3, -0.25) is 13.9 Å². The van der Waals surface area contributed by atoms with Gasteiger partial charge in [0.05, 0.1) is 11.9 Å². The first kappa shape index (κ1) is 28.7. The van der Waals surface area contributed by atoms with E-state index in [1.807, 2.05) is 45.0 Å². The van der Waals surface area contributed by atoms with Gasteiger partial charge in [0.25, 0.3) is 0 Å². The fourth-order valence-corrected chi connectivity index (χ4v) is 4.73. The standard InChI is InChI=1S/C26H36ClN3O4S/c1-6-15-28-26(32)21(4)29(18-22-10-12-23(27)13-11-22)25(31)8-7-16-30(35(5,33)34)24-14-9-19(2)20(3)17-24/h9-14,17,21H,6-8,15-16,18H2,1-5H3,(H,28,32)/t21-/m1/s1. The lowest BCUT2D eigenvalue weighted by Gasteiger charge is -2.29. The Morgan fingerprint density at radius 3 is 2.29 bits per heavy atom. The molecule has 0 aliphatic carbocycles. The van der Waals surface area contributed by atoms with Gasteiger partial charge in [-0.1, -0.05) is 36.7 Å². The lowest BCUT2D eigenvalue weighted by Crippen LogP contribution is -2.47. The quantitative estimate of drug-likeness (QED) is 0.447. The molecule has 0 spiro atoms. The van der Waals surface area contributed by atoms with Gasteiger partial charge in [-0.15, -0.1) is 0 Å². The van der Waals surface area contributed by atoms with Crippen LogP contribution in [-0.4, -0.2) is 50.5 Å². The average molecular weight is 522 g/mol. The molecule has 1 N–H and O–H groups in total. The number of benzene rings is 2. The Labute approximate surface area is 214 Å². The molecular weight excluding hydrogens is 486 g/mol. The van der Waals surface area contributed by atoms with E-state index >= 15 is 0 Å². The summed E-state index contributed by atoms with van der Waals surface area (Å²) in [6.07, 6.45) is 2.38. The van der Waals surface area contributed by atoms with Crippen LogP contribution in [0.5, 0.6) is 0 Å². The second kappa shape index (κ2) is 12.9. The lowest BCUT2D eigenvalue weighted by atomic mass is 10.1. The van der Waals surface area contributed by atoms with E-state index in [1.54, 1.807) is 25.1 Å². The van der Waals surface area contributed by atoms with Crippen LogP contribution >= 0.6 is 11.6 Å². The van der Waals surface area contributed by atoms with Crippen LogP contribution in [0, 0.1) is 13.8 Å². The van der Waals surface area contributed by atoms with Crippen LogP contribution < -0.4 is 9.62 Å². The number of anilines is 1. The number of nitrogens with zero attached hydrogens (tertiary/aromatic N) is 2. The predicted molar refractivity (Wildman–Crippen MR) is 142 cm³/mol. The van der Waals surface area contributed by atoms with Crippen LogP contribution in [0.3, 0.4) is 0 Å². The highest BCUT2D eigenvalue weighted by Gasteiger charge is 2.26. The maximum Gasteiger partial charge on any atom is 0.242 e. The topological polar surface area (TPSA) is 86.8 Å². The summed E-state index contributed by atoms with van der Waals surface area (Å²) in [6, 6.07) is 12.0. The normalized spacial score (nSPS) is 12.2. The van der Waals surface area contributed by atoms with Crippen molar-refractivity contribution in [3.63, 3.8) is 0 Å². The molecule has 0 aliphatic rings. The zero-order valence-corrected chi connectivity index (χ0v) is 22.7. The van der Waals surface area contributed by atoms with Crippen LogP contribution in [0.4, 0.5) is 5.69 Å². The molecule has 0 aromatic heterocycles. The van der Waals surface area contributed by atoms with Gasteiger partial charge in [-0.2, -0.15) is 0 Å². The first-order valence-electron chi connectivity index (χ1n) is 11.8. The third kappa shape index (κ3) is 8.54. The molecule has 1 atom stereocenters. The van der Waals surface area contributed by atoms with Crippen molar-refractivity contribution in [3.8, 4) is 0 Å². The van der Waals surface area contributed by atoms with E-state index in [1.165, 1.54) is 9.21 Å². The van der Waals surface area contributed by atoms with Gasteiger partial charge in [-0.05, 0) is 74.6 Å². The van der Waals surface area contributed by atoms with Crippen molar-refractivity contribution in [1.29, 1.82) is 0 Å². The number of nitrogens with one attached hydrogen (secondary N) is 1. The van der Waals surface area contributed by atoms with Gasteiger partial charge in [-0.25, -0.2) is 8.42 Å². The average Bonchev–Trinajstić information content (AvgIpc) is 2.80. The Morgan fingerprint density at radius 1 is 1.06 bits per heavy atom. The lowest BCUT2D eigenvalue weighted by molar-refractivity contribution is -0.140. The van der Waals surface area contributed by atoms with Crippen molar-refractivity contribution in [2.75, 3.05) is 23.7 Å². The number of amides is 2. The van der Waals surface area contributed by atoms with Gasteiger partial charge in [0.15, 0.2) is 0 Å². The number of carbonyl (C=O) groups is 2. The molecule has 0 fully saturated rings. The fourth-order valence-electron chi connectivity index (χ4n) is 3.65. The number of sulfonamides is 1. The minimum atomic E-state index is -3.53. The molecule has 9 heteroatoms. The van der Waals surface area contributed by atoms with E-state index in [0.29, 0.717) is 23.7 Å². The Bertz CT molecular complexity index is 1120. The zero-order chi connectivity index (χ0) is 26.2. The van der Waals surface area contributed by atoms with E-state index in [9.17, 15) is 18.0 Å². The minimum Gasteiger partial charge on any atom is -0.354 e. The first-order chi connectivity index (χ1) is 16.4. The molecule has 7 nitrogen and oxygen atoms in total. The summed E-state index contributed by atoms with van der Waals surface area (Å²) in [5.41, 5.74) is 3.50. The van der Waals surface area contributed by atoms with Crippen molar-refractivity contribution < 1.29 is 18.0 Å². The van der Waals surface area contributed by atoms with E-state index in [2.05, 4.69) is 5.32 Å². The molecule has 35 heavy (non-hydrogen) atoms. The predicted octanol–water partition coefficient (Wildman–Crippen LogP) is 4.45. The Balaban J connectivity index is 2.16. The molecule has 2 aromatic carbocycles. The van der Waals surface area contributed by atoms with Gasteiger partial charge < -0.3 is 10.2 Å². The summed E-state index contributed by atoms with van der Waals surface area (Å²) >= 11 is 5.99. The van der Waals surface area contributed by atoms with Crippen LogP contribution in [0.2, 0.25) is 5.02 Å². The molecule has 2 rings (SSSR count). The minimum absolute atomic E-state index is 0.107. The summed E-state index contributed by atoms with van der Waals surface area (Å²) in [4.78, 5) is 27.4. The van der Waals surface area contributed by atoms with Crippen molar-refractivity contribution in [1.82, 2.24) is 10.2 Å². The highest BCUT2D eigenvalue weighted by Crippen LogP contribution is 2.22. The molecule has 0 radical (unpaired) electrons. The monoisotopic (exact) mass is 521 g/mol. The number of rotatable bonds is 12. The summed E-state index contributed by atoms with van der Waals surface area (Å²) in [5, 5.41) is 3.44. The number of carbonyl (C=O) groups excluding carboxylic acids is 2. The van der Waals surface area contributed by atoms with E-state index in [0.717, 1.165) is 29.4 Å². The van der Waals surface area contributed by atoms with Crippen molar-refractivity contribution in [2.45, 2.75) is 59.5 Å². The molecule has 192 valence electrons. The Morgan fingerprint density at radius 2 is 1.71 bits per heavy atom. The highest BCUT2D eigenvalue weighted by molar-refractivity contribution is 7.92. The number of halogens is 1. The zero-order valence-electron chi connectivity index (χ0n) is 21.2. The fraction of sp³-hybridized carbons (Fsp3) is 0.462. The number of aryl methyl sites for hydroxylation is 2. The van der Waals surface area contributed by atoms with E-state index in [4.69, 9.17) is 11.6 Å². The van der Waals surface area contributed by atoms with Gasteiger partial charge >= 0.3 is 0 Å². The molecule has 2 amide bonds. The maximum absolute atomic E-state index is 13.3. The van der Waals surface area contributed by atoms with Crippen molar-refractivity contribution in [2.24, 2.45) is 0 Å². The first-order valence-corrected chi connectivity index (χ1v) is 14.0. The van der Waals surface area contributed by atoms with Crippen LogP contribution in [-0.2, 0) is 26.2 Å². The molecule has 0 bridgehead atoms. The summed E-state index contributed by atoms with van der Waals surface area (Å²) in [6.45, 7) is 8.52. The molecular formula is C26H36ClN3O4S. The summed E-state index contributed by atoms with van der Waals surface area (Å²) < 4.78 is 26.3. The SMILES string of the molecule is CCCNC(=O)[C@@H](C)N(Cc1ccc(Cl)cc1)C(=O)CCCN(c1ccc(C)c(C)c1)S(C)(=O)=O. The molecule has 0 aliphatic heterocycles. The van der Waals surface area contributed by atoms with Crippen LogP contribution in [0.25, 0.3) is 0 Å². The maximum atomic E-state index is 13.3. The third-order valence-corrected chi connectivity index (χ3v) is 7.36. The van der Waals surface area contributed by atoms with Crippen LogP contribution in [0.1, 0.15) is 49.8 Å². The van der Waals surface area contributed by atoms with Gasteiger partial charge in [0, 0.05) is 31.1 Å². The van der Waals surface area contributed by atoms with Crippen LogP contribution in [0.15, 0.2) is 42.5 Å². The Hall–Kier alpha value is -2.58. The molecule has 0 saturated carbocycles. The van der Waals surface area contributed by atoms with Crippen molar-refractivity contribution >= 4 is 39.1 Å². The largest absolute Gasteiger partial charge is 0.354 e. The smallest absolute Gasteiger partial charge is 0.242 e. The van der Waals surface area contributed by atoms with E-state index < -0.39 is 16.1 Å². The Kier molecular flexibility index (Phi) is 10.6. The van der Waals surface area contributed by atoms with Gasteiger partial charge in [0.2, 0.25) is 21.8 Å². The number of hydrogen-bond donors (Lipinski definition) is 1. The second-order valence-corrected chi connectivity index (χ2v) is 11.2. The summed E-state index contributed by atoms with van der Waals surface area (Å²) in [5.74, 6) is -0.435. The van der Waals surface area contributed by atoms with E-state index in [-0.39, 0.29) is 31.3 Å². The molecule has 0 unspecified atom stereocenters. The number of hydrogen-bond acceptors (Lipinski definition) is 4. The molecule has 0 saturated heterocycles. The summed E-state index contributed by atoms with van der Waals surface area (Å²) in [7, 11) is -3.53.